The van der Waals surface area contributed by atoms with Crippen molar-refractivity contribution >= 4 is 34.1 Å². The zero-order valence-electron chi connectivity index (χ0n) is 12.2. The minimum atomic E-state index is -0.288. The Hall–Kier alpha value is -2.19. The fraction of sp³-hybridized carbons (Fsp3) is 0.133. The molecular formula is C15H13FN4OS2. The van der Waals surface area contributed by atoms with Gasteiger partial charge in [-0.25, -0.2) is 14.4 Å². The normalized spacial score (nSPS) is 10.7. The van der Waals surface area contributed by atoms with Crippen LogP contribution in [0.1, 0.15) is 0 Å². The number of nitrogens with one attached hydrogen (secondary N) is 1. The Bertz CT molecular complexity index is 813. The zero-order valence-corrected chi connectivity index (χ0v) is 13.8. The molecule has 0 saturated carbocycles. The average molecular weight is 348 g/mol. The van der Waals surface area contributed by atoms with Crippen molar-refractivity contribution in [3.63, 3.8) is 0 Å². The summed E-state index contributed by atoms with van der Waals surface area (Å²) in [5, 5.41) is 5.90. The molecule has 2 aromatic heterocycles. The molecule has 0 aliphatic rings. The van der Waals surface area contributed by atoms with Crippen molar-refractivity contribution in [1.29, 1.82) is 0 Å². The average Bonchev–Trinajstić information content (AvgIpc) is 3.15. The summed E-state index contributed by atoms with van der Waals surface area (Å²) in [5.41, 5.74) is 1.52. The predicted octanol–water partition coefficient (Wildman–Crippen LogP) is 3.41. The number of amides is 1. The molecule has 0 radical (unpaired) electrons. The summed E-state index contributed by atoms with van der Waals surface area (Å²) in [6, 6.07) is 6.09. The number of benzene rings is 1. The molecule has 0 atom stereocenters. The molecule has 0 unspecified atom stereocenters. The van der Waals surface area contributed by atoms with E-state index in [0.717, 1.165) is 10.7 Å². The maximum Gasteiger partial charge on any atom is 0.236 e. The highest BCUT2D eigenvalue weighted by Crippen LogP contribution is 2.25. The van der Waals surface area contributed by atoms with Crippen LogP contribution in [0.2, 0.25) is 0 Å². The van der Waals surface area contributed by atoms with Crippen molar-refractivity contribution in [3.05, 3.63) is 47.9 Å². The standard InChI is InChI=1S/C15H13FN4OS2/c1-20-7-6-17-15(20)23-9-13(21)19-14-18-12(8-22-14)10-2-4-11(16)5-3-10/h2-8H,9H2,1H3,(H,18,19,21). The van der Waals surface area contributed by atoms with E-state index in [1.165, 1.54) is 35.2 Å². The molecule has 1 N–H and O–H groups in total. The second kappa shape index (κ2) is 6.93. The molecule has 8 heteroatoms. The van der Waals surface area contributed by atoms with Crippen LogP contribution in [0.3, 0.4) is 0 Å². The third-order valence-corrected chi connectivity index (χ3v) is 4.82. The van der Waals surface area contributed by atoms with Crippen molar-refractivity contribution in [3.8, 4) is 11.3 Å². The van der Waals surface area contributed by atoms with Crippen LogP contribution in [0.5, 0.6) is 0 Å². The highest BCUT2D eigenvalue weighted by atomic mass is 32.2. The number of anilines is 1. The molecule has 0 aliphatic carbocycles. The van der Waals surface area contributed by atoms with Gasteiger partial charge in [-0.3, -0.25) is 4.79 Å². The number of hydrogen-bond acceptors (Lipinski definition) is 5. The van der Waals surface area contributed by atoms with Crippen LogP contribution in [0, 0.1) is 5.82 Å². The molecule has 0 aliphatic heterocycles. The van der Waals surface area contributed by atoms with Gasteiger partial charge in [-0.15, -0.1) is 11.3 Å². The summed E-state index contributed by atoms with van der Waals surface area (Å²) in [6.45, 7) is 0. The molecule has 1 amide bonds. The summed E-state index contributed by atoms with van der Waals surface area (Å²) < 4.78 is 14.8. The van der Waals surface area contributed by atoms with E-state index in [1.54, 1.807) is 18.3 Å². The summed E-state index contributed by atoms with van der Waals surface area (Å²) >= 11 is 2.70. The quantitative estimate of drug-likeness (QED) is 0.718. The fourth-order valence-electron chi connectivity index (χ4n) is 1.86. The SMILES string of the molecule is Cn1ccnc1SCC(=O)Nc1nc(-c2ccc(F)cc2)cs1. The molecule has 0 fully saturated rings. The number of hydrogen-bond donors (Lipinski definition) is 1. The van der Waals surface area contributed by atoms with Crippen LogP contribution >= 0.6 is 23.1 Å². The number of aromatic nitrogens is 3. The second-order valence-electron chi connectivity index (χ2n) is 4.70. The van der Waals surface area contributed by atoms with Crippen LogP contribution in [0.4, 0.5) is 9.52 Å². The molecule has 23 heavy (non-hydrogen) atoms. The van der Waals surface area contributed by atoms with E-state index in [2.05, 4.69) is 15.3 Å². The highest BCUT2D eigenvalue weighted by molar-refractivity contribution is 7.99. The molecule has 2 heterocycles. The summed E-state index contributed by atoms with van der Waals surface area (Å²) in [4.78, 5) is 20.5. The van der Waals surface area contributed by atoms with E-state index in [9.17, 15) is 9.18 Å². The number of carbonyl (C=O) groups is 1. The lowest BCUT2D eigenvalue weighted by molar-refractivity contribution is -0.113. The van der Waals surface area contributed by atoms with Gasteiger partial charge in [0, 0.05) is 30.4 Å². The Labute approximate surface area is 140 Å². The van der Waals surface area contributed by atoms with Gasteiger partial charge in [0.1, 0.15) is 5.82 Å². The minimum absolute atomic E-state index is 0.141. The van der Waals surface area contributed by atoms with E-state index < -0.39 is 0 Å². The molecule has 0 spiro atoms. The summed E-state index contributed by atoms with van der Waals surface area (Å²) in [6.07, 6.45) is 3.52. The maximum atomic E-state index is 12.9. The lowest BCUT2D eigenvalue weighted by atomic mass is 10.2. The van der Waals surface area contributed by atoms with Crippen LogP contribution < -0.4 is 5.32 Å². The predicted molar refractivity (Wildman–Crippen MR) is 90.1 cm³/mol. The minimum Gasteiger partial charge on any atom is -0.329 e. The van der Waals surface area contributed by atoms with Gasteiger partial charge in [0.05, 0.1) is 11.4 Å². The Morgan fingerprint density at radius 2 is 2.17 bits per heavy atom. The number of carbonyl (C=O) groups excluding carboxylic acids is 1. The number of thioether (sulfide) groups is 1. The number of aryl methyl sites for hydroxylation is 1. The lowest BCUT2D eigenvalue weighted by Crippen LogP contribution is -2.14. The number of nitrogens with zero attached hydrogens (tertiary/aromatic N) is 3. The van der Waals surface area contributed by atoms with Gasteiger partial charge in [0.2, 0.25) is 5.91 Å². The first-order chi connectivity index (χ1) is 11.1. The molecule has 0 bridgehead atoms. The molecular weight excluding hydrogens is 335 g/mol. The smallest absolute Gasteiger partial charge is 0.236 e. The Morgan fingerprint density at radius 1 is 1.39 bits per heavy atom. The third-order valence-electron chi connectivity index (χ3n) is 3.00. The molecule has 5 nitrogen and oxygen atoms in total. The largest absolute Gasteiger partial charge is 0.329 e. The highest BCUT2D eigenvalue weighted by Gasteiger charge is 2.10. The van der Waals surface area contributed by atoms with Crippen molar-refractivity contribution in [2.24, 2.45) is 7.05 Å². The van der Waals surface area contributed by atoms with Crippen LogP contribution in [0.15, 0.2) is 47.2 Å². The third kappa shape index (κ3) is 3.96. The number of rotatable bonds is 5. The van der Waals surface area contributed by atoms with Gasteiger partial charge in [-0.2, -0.15) is 0 Å². The molecule has 0 saturated heterocycles. The van der Waals surface area contributed by atoms with Crippen LogP contribution in [0.25, 0.3) is 11.3 Å². The Kier molecular flexibility index (Phi) is 4.73. The van der Waals surface area contributed by atoms with Gasteiger partial charge < -0.3 is 9.88 Å². The van der Waals surface area contributed by atoms with E-state index in [0.29, 0.717) is 10.8 Å². The van der Waals surface area contributed by atoms with Gasteiger partial charge in [0.25, 0.3) is 0 Å². The van der Waals surface area contributed by atoms with Crippen molar-refractivity contribution in [2.45, 2.75) is 5.16 Å². The van der Waals surface area contributed by atoms with E-state index in [-0.39, 0.29) is 17.5 Å². The van der Waals surface area contributed by atoms with E-state index in [4.69, 9.17) is 0 Å². The summed E-state index contributed by atoms with van der Waals surface area (Å²) in [5.74, 6) is -0.169. The second-order valence-corrected chi connectivity index (χ2v) is 6.50. The number of halogens is 1. The van der Waals surface area contributed by atoms with E-state index in [1.807, 2.05) is 23.2 Å². The monoisotopic (exact) mass is 348 g/mol. The lowest BCUT2D eigenvalue weighted by Gasteiger charge is -2.02. The van der Waals surface area contributed by atoms with Gasteiger partial charge in [-0.1, -0.05) is 11.8 Å². The molecule has 118 valence electrons. The zero-order chi connectivity index (χ0) is 16.2. The number of thiazole rings is 1. The summed E-state index contributed by atoms with van der Waals surface area (Å²) in [7, 11) is 1.88. The molecule has 3 rings (SSSR count). The first-order valence-electron chi connectivity index (χ1n) is 6.73. The van der Waals surface area contributed by atoms with Crippen molar-refractivity contribution in [2.75, 3.05) is 11.1 Å². The Morgan fingerprint density at radius 3 is 2.87 bits per heavy atom. The van der Waals surface area contributed by atoms with E-state index >= 15 is 0 Å². The van der Waals surface area contributed by atoms with Crippen molar-refractivity contribution < 1.29 is 9.18 Å². The maximum absolute atomic E-state index is 12.9. The topological polar surface area (TPSA) is 59.8 Å². The Balaban J connectivity index is 1.59. The fourth-order valence-corrected chi connectivity index (χ4v) is 3.33. The molecule has 3 aromatic rings. The first-order valence-corrected chi connectivity index (χ1v) is 8.60. The molecule has 1 aromatic carbocycles. The van der Waals surface area contributed by atoms with Crippen LogP contribution in [-0.4, -0.2) is 26.2 Å². The van der Waals surface area contributed by atoms with Crippen LogP contribution in [-0.2, 0) is 11.8 Å². The number of imidazole rings is 1. The van der Waals surface area contributed by atoms with Gasteiger partial charge in [0.15, 0.2) is 10.3 Å². The first kappa shape index (κ1) is 15.7. The van der Waals surface area contributed by atoms with Gasteiger partial charge >= 0.3 is 0 Å². The van der Waals surface area contributed by atoms with Gasteiger partial charge in [-0.05, 0) is 24.3 Å². The van der Waals surface area contributed by atoms with Crippen molar-refractivity contribution in [1.82, 2.24) is 14.5 Å².